The molecule has 0 radical (unpaired) electrons. The Labute approximate surface area is 159 Å². The van der Waals surface area contributed by atoms with Crippen LogP contribution in [0.5, 0.6) is 0 Å². The number of nitrogens with one attached hydrogen (secondary N) is 1. The number of amides is 4. The predicted octanol–water partition coefficient (Wildman–Crippen LogP) is 2.35. The molecule has 8 heteroatoms. The molecule has 0 fully saturated rings. The Morgan fingerprint density at radius 3 is 2.88 bits per heavy atom. The smallest absolute Gasteiger partial charge is 0.350 e. The van der Waals surface area contributed by atoms with Crippen LogP contribution >= 0.6 is 15.9 Å². The zero-order chi connectivity index (χ0) is 18.5. The molecule has 134 valence electrons. The summed E-state index contributed by atoms with van der Waals surface area (Å²) < 4.78 is 0.776. The number of imide groups is 1. The lowest BCUT2D eigenvalue weighted by Crippen LogP contribution is -2.46. The largest absolute Gasteiger partial charge is 0.350 e. The molecule has 1 aromatic heterocycles. The molecule has 2 aliphatic rings. The highest BCUT2D eigenvalue weighted by molar-refractivity contribution is 9.11. The maximum absolute atomic E-state index is 12.5. The number of urea groups is 1. The van der Waals surface area contributed by atoms with Gasteiger partial charge in [-0.15, -0.1) is 0 Å². The number of hydrogen-bond acceptors (Lipinski definition) is 4. The molecule has 0 spiro atoms. The van der Waals surface area contributed by atoms with E-state index in [1.807, 2.05) is 18.2 Å². The molecule has 4 amide bonds. The second kappa shape index (κ2) is 8.18. The molecular weight excluding hydrogens is 400 g/mol. The Morgan fingerprint density at radius 1 is 1.27 bits per heavy atom. The zero-order valence-electron chi connectivity index (χ0n) is 13.9. The summed E-state index contributed by atoms with van der Waals surface area (Å²) in [4.78, 5) is 45.7. The number of aliphatic imine (C=N–C) groups is 1. The summed E-state index contributed by atoms with van der Waals surface area (Å²) in [6.45, 7) is 0.513. The molecule has 3 rings (SSSR count). The van der Waals surface area contributed by atoms with E-state index in [0.717, 1.165) is 15.1 Å². The number of aromatic nitrogens is 1. The van der Waals surface area contributed by atoms with E-state index in [0.29, 0.717) is 18.7 Å². The maximum atomic E-state index is 12.5. The van der Waals surface area contributed by atoms with Gasteiger partial charge in [-0.1, -0.05) is 28.1 Å². The van der Waals surface area contributed by atoms with Gasteiger partial charge in [0, 0.05) is 23.6 Å². The number of hydrogen-bond donors (Lipinski definition) is 1. The van der Waals surface area contributed by atoms with Crippen LogP contribution in [0.15, 0.2) is 52.1 Å². The highest BCUT2D eigenvalue weighted by Crippen LogP contribution is 2.24. The van der Waals surface area contributed by atoms with Crippen LogP contribution in [0.3, 0.4) is 0 Å². The maximum Gasteiger partial charge on any atom is 0.350 e. The molecule has 0 saturated carbocycles. The Morgan fingerprint density at radius 2 is 2.12 bits per heavy atom. The zero-order valence-corrected chi connectivity index (χ0v) is 15.5. The molecule has 2 heterocycles. The van der Waals surface area contributed by atoms with Crippen LogP contribution in [0.4, 0.5) is 4.79 Å². The molecule has 1 atom stereocenters. The summed E-state index contributed by atoms with van der Waals surface area (Å²) in [6.07, 6.45) is 7.39. The minimum Gasteiger partial charge on any atom is -0.350 e. The van der Waals surface area contributed by atoms with Crippen molar-refractivity contribution in [3.05, 3.63) is 52.8 Å². The topological polar surface area (TPSA) is 91.7 Å². The Kier molecular flexibility index (Phi) is 5.72. The van der Waals surface area contributed by atoms with Gasteiger partial charge >= 0.3 is 6.03 Å². The van der Waals surface area contributed by atoms with Gasteiger partial charge in [0.1, 0.15) is 5.92 Å². The van der Waals surface area contributed by atoms with Crippen molar-refractivity contribution in [2.45, 2.75) is 19.4 Å². The quantitative estimate of drug-likeness (QED) is 0.769. The van der Waals surface area contributed by atoms with Gasteiger partial charge in [0.25, 0.3) is 0 Å². The fourth-order valence-corrected chi connectivity index (χ4v) is 3.09. The van der Waals surface area contributed by atoms with Gasteiger partial charge in [-0.3, -0.25) is 19.5 Å². The summed E-state index contributed by atoms with van der Waals surface area (Å²) in [5.41, 5.74) is 1.22. The summed E-state index contributed by atoms with van der Waals surface area (Å²) in [7, 11) is 0. The number of nitrogens with zero attached hydrogens (tertiary/aromatic N) is 3. The van der Waals surface area contributed by atoms with Crippen LogP contribution in [0.1, 0.15) is 18.5 Å². The third-order valence-electron chi connectivity index (χ3n) is 4.02. The van der Waals surface area contributed by atoms with Crippen LogP contribution in [0.25, 0.3) is 0 Å². The second-order valence-corrected chi connectivity index (χ2v) is 6.79. The van der Waals surface area contributed by atoms with Crippen molar-refractivity contribution in [3.8, 4) is 0 Å². The van der Waals surface area contributed by atoms with Crippen molar-refractivity contribution < 1.29 is 14.4 Å². The first-order chi connectivity index (χ1) is 12.5. The molecule has 26 heavy (non-hydrogen) atoms. The van der Waals surface area contributed by atoms with Gasteiger partial charge in [0.15, 0.2) is 0 Å². The van der Waals surface area contributed by atoms with Crippen LogP contribution in [0.2, 0.25) is 0 Å². The van der Waals surface area contributed by atoms with Crippen molar-refractivity contribution in [3.63, 3.8) is 0 Å². The van der Waals surface area contributed by atoms with Gasteiger partial charge < -0.3 is 5.32 Å². The van der Waals surface area contributed by atoms with E-state index >= 15 is 0 Å². The van der Waals surface area contributed by atoms with Gasteiger partial charge in [-0.25, -0.2) is 4.79 Å². The molecule has 1 aliphatic heterocycles. The number of fused-ring (bicyclic) bond motifs is 1. The Hall–Kier alpha value is -2.61. The van der Waals surface area contributed by atoms with Crippen LogP contribution in [-0.2, 0) is 16.1 Å². The molecule has 7 nitrogen and oxygen atoms in total. The minimum atomic E-state index is -0.578. The van der Waals surface area contributed by atoms with Crippen molar-refractivity contribution in [2.24, 2.45) is 10.9 Å². The average molecular weight is 417 g/mol. The lowest BCUT2D eigenvalue weighted by Gasteiger charge is -2.28. The highest BCUT2D eigenvalue weighted by atomic mass is 79.9. The summed E-state index contributed by atoms with van der Waals surface area (Å²) in [5.74, 6) is -1.01. The van der Waals surface area contributed by atoms with Gasteiger partial charge in [0.2, 0.25) is 11.8 Å². The van der Waals surface area contributed by atoms with Crippen molar-refractivity contribution in [2.75, 3.05) is 6.54 Å². The third kappa shape index (κ3) is 4.32. The van der Waals surface area contributed by atoms with Crippen LogP contribution in [0, 0.1) is 5.92 Å². The first-order valence-corrected chi connectivity index (χ1v) is 9.00. The van der Waals surface area contributed by atoms with Crippen LogP contribution in [-0.4, -0.2) is 40.0 Å². The molecule has 0 saturated heterocycles. The summed E-state index contributed by atoms with van der Waals surface area (Å²) >= 11 is 3.33. The number of rotatable bonds is 6. The fraction of sp³-hybridized carbons (Fsp3) is 0.278. The molecule has 0 bridgehead atoms. The van der Waals surface area contributed by atoms with E-state index in [4.69, 9.17) is 0 Å². The molecule has 0 aromatic carbocycles. The van der Waals surface area contributed by atoms with E-state index in [1.165, 1.54) is 0 Å². The fourth-order valence-electron chi connectivity index (χ4n) is 2.69. The number of carbonyl (C=O) groups is 3. The SMILES string of the molecule is O=C(CCCN1C(=O)N=C2C=CC(Br)=CC2C1=O)NCc1ccccn1. The lowest BCUT2D eigenvalue weighted by atomic mass is 9.95. The van der Waals surface area contributed by atoms with E-state index in [9.17, 15) is 14.4 Å². The number of allylic oxidation sites excluding steroid dienone is 3. The van der Waals surface area contributed by atoms with Gasteiger partial charge in [0.05, 0.1) is 18.0 Å². The van der Waals surface area contributed by atoms with E-state index < -0.39 is 11.9 Å². The standard InChI is InChI=1S/C18H17BrN4O3/c19-12-6-7-15-14(10-12)17(25)23(18(26)22-15)9-3-5-16(24)21-11-13-4-1-2-8-20-13/h1-2,4,6-8,10,14H,3,5,9,11H2,(H,21,24). The number of pyridine rings is 1. The predicted molar refractivity (Wildman–Crippen MR) is 99.5 cm³/mol. The third-order valence-corrected chi connectivity index (χ3v) is 4.55. The highest BCUT2D eigenvalue weighted by Gasteiger charge is 2.36. The number of carbonyl (C=O) groups excluding carboxylic acids is 3. The molecule has 1 unspecified atom stereocenters. The monoisotopic (exact) mass is 416 g/mol. The normalized spacial score (nSPS) is 19.0. The minimum absolute atomic E-state index is 0.153. The molecular formula is C18H17BrN4O3. The molecule has 1 aliphatic carbocycles. The first-order valence-electron chi connectivity index (χ1n) is 8.20. The van der Waals surface area contributed by atoms with Gasteiger partial charge in [-0.05, 0) is 30.7 Å². The number of halogens is 1. The Bertz CT molecular complexity index is 817. The first kappa shape index (κ1) is 18.2. The van der Waals surface area contributed by atoms with Crippen molar-refractivity contribution in [1.29, 1.82) is 0 Å². The molecule has 1 N–H and O–H groups in total. The Balaban J connectivity index is 1.49. The van der Waals surface area contributed by atoms with Crippen molar-refractivity contribution >= 4 is 39.5 Å². The lowest BCUT2D eigenvalue weighted by molar-refractivity contribution is -0.130. The van der Waals surface area contributed by atoms with E-state index in [2.05, 4.69) is 31.2 Å². The second-order valence-electron chi connectivity index (χ2n) is 5.87. The van der Waals surface area contributed by atoms with Crippen molar-refractivity contribution in [1.82, 2.24) is 15.2 Å². The summed E-state index contributed by atoms with van der Waals surface area (Å²) in [5, 5.41) is 2.77. The summed E-state index contributed by atoms with van der Waals surface area (Å²) in [6, 6.07) is 4.91. The van der Waals surface area contributed by atoms with Gasteiger partial charge in [-0.2, -0.15) is 4.99 Å². The van der Waals surface area contributed by atoms with E-state index in [1.54, 1.807) is 24.4 Å². The van der Waals surface area contributed by atoms with Crippen LogP contribution < -0.4 is 5.32 Å². The van der Waals surface area contributed by atoms with E-state index in [-0.39, 0.29) is 24.8 Å². The molecule has 1 aromatic rings. The average Bonchev–Trinajstić information content (AvgIpc) is 2.64.